The predicted molar refractivity (Wildman–Crippen MR) is 49.8 cm³/mol. The molecule has 1 heteroatoms. The summed E-state index contributed by atoms with van der Waals surface area (Å²) in [4.78, 5) is 0. The van der Waals surface area contributed by atoms with Gasteiger partial charge in [-0.3, -0.25) is 0 Å². The average molecular weight is 160 g/mol. The van der Waals surface area contributed by atoms with Gasteiger partial charge in [0.25, 0.3) is 0 Å². The molecule has 0 spiro atoms. The summed E-state index contributed by atoms with van der Waals surface area (Å²) < 4.78 is 0. The van der Waals surface area contributed by atoms with Crippen LogP contribution >= 0.6 is 0 Å². The molecule has 1 nitrogen and oxygen atoms in total. The van der Waals surface area contributed by atoms with Crippen molar-refractivity contribution in [2.24, 2.45) is 5.73 Å². The fourth-order valence-corrected chi connectivity index (χ4v) is 1.81. The lowest BCUT2D eigenvalue weighted by Gasteiger charge is -2.15. The fraction of sp³-hybridized carbons (Fsp3) is 0.455. The Bertz CT molecular complexity index is 278. The molecule has 1 radical (unpaired) electrons. The summed E-state index contributed by atoms with van der Waals surface area (Å²) in [5, 5.41) is 0. The lowest BCUT2D eigenvalue weighted by Crippen LogP contribution is -2.05. The van der Waals surface area contributed by atoms with Crippen molar-refractivity contribution in [1.29, 1.82) is 0 Å². The molecule has 0 saturated carbocycles. The molecule has 12 heavy (non-hydrogen) atoms. The van der Waals surface area contributed by atoms with Gasteiger partial charge in [-0.15, -0.1) is 0 Å². The summed E-state index contributed by atoms with van der Waals surface area (Å²) in [6, 6.07) is 7.71. The Hall–Kier alpha value is -0.820. The lowest BCUT2D eigenvalue weighted by atomic mass is 9.90. The fourth-order valence-electron chi connectivity index (χ4n) is 1.81. The van der Waals surface area contributed by atoms with Gasteiger partial charge in [-0.25, -0.2) is 0 Å². The molecule has 0 heterocycles. The van der Waals surface area contributed by atoms with Gasteiger partial charge in [0.15, 0.2) is 0 Å². The molecular formula is C11H14N. The van der Waals surface area contributed by atoms with Crippen molar-refractivity contribution >= 4 is 0 Å². The smallest absolute Gasteiger partial charge is 0.0184 e. The maximum absolute atomic E-state index is 5.55. The first-order valence-corrected chi connectivity index (χ1v) is 4.63. The third-order valence-corrected chi connectivity index (χ3v) is 2.53. The Morgan fingerprint density at radius 1 is 1.25 bits per heavy atom. The Balaban J connectivity index is 2.36. The maximum atomic E-state index is 5.55. The van der Waals surface area contributed by atoms with Crippen molar-refractivity contribution in [3.63, 3.8) is 0 Å². The van der Waals surface area contributed by atoms with Gasteiger partial charge in [-0.05, 0) is 48.4 Å². The molecule has 0 atom stereocenters. The SMILES string of the molecule is NCc1[c]c2c(cc1)CCCC2. The van der Waals surface area contributed by atoms with E-state index < -0.39 is 0 Å². The molecule has 0 bridgehead atoms. The number of rotatable bonds is 1. The van der Waals surface area contributed by atoms with Crippen LogP contribution in [0.5, 0.6) is 0 Å². The van der Waals surface area contributed by atoms with Gasteiger partial charge in [-0.1, -0.05) is 12.1 Å². The van der Waals surface area contributed by atoms with E-state index in [4.69, 9.17) is 5.73 Å². The minimum absolute atomic E-state index is 0.618. The third-order valence-electron chi connectivity index (χ3n) is 2.53. The second-order valence-corrected chi connectivity index (χ2v) is 3.40. The van der Waals surface area contributed by atoms with E-state index >= 15 is 0 Å². The molecule has 0 aliphatic heterocycles. The largest absolute Gasteiger partial charge is 0.326 e. The highest BCUT2D eigenvalue weighted by Gasteiger charge is 2.08. The molecule has 1 aromatic carbocycles. The first-order valence-electron chi connectivity index (χ1n) is 4.63. The highest BCUT2D eigenvalue weighted by atomic mass is 14.5. The minimum atomic E-state index is 0.618. The van der Waals surface area contributed by atoms with Crippen LogP contribution in [0.25, 0.3) is 0 Å². The third kappa shape index (κ3) is 1.37. The van der Waals surface area contributed by atoms with Crippen LogP contribution in [0.1, 0.15) is 29.5 Å². The molecule has 0 unspecified atom stereocenters. The van der Waals surface area contributed by atoms with Crippen molar-refractivity contribution in [3.8, 4) is 0 Å². The molecule has 1 aliphatic carbocycles. The van der Waals surface area contributed by atoms with Gasteiger partial charge in [0.05, 0.1) is 0 Å². The zero-order valence-corrected chi connectivity index (χ0v) is 7.27. The number of aryl methyl sites for hydroxylation is 2. The van der Waals surface area contributed by atoms with E-state index in [0.29, 0.717) is 6.54 Å². The summed E-state index contributed by atoms with van der Waals surface area (Å²) in [6.45, 7) is 0.618. The van der Waals surface area contributed by atoms with Crippen LogP contribution in [0.15, 0.2) is 12.1 Å². The first-order chi connectivity index (χ1) is 5.90. The molecule has 0 fully saturated rings. The van der Waals surface area contributed by atoms with Gasteiger partial charge < -0.3 is 5.73 Å². The van der Waals surface area contributed by atoms with Crippen molar-refractivity contribution in [2.75, 3.05) is 0 Å². The van der Waals surface area contributed by atoms with E-state index in [1.165, 1.54) is 36.8 Å². The second kappa shape index (κ2) is 3.28. The quantitative estimate of drug-likeness (QED) is 0.666. The summed E-state index contributed by atoms with van der Waals surface area (Å²) in [6.07, 6.45) is 5.08. The molecule has 1 aliphatic rings. The standard InChI is InChI=1S/C11H14N/c12-8-9-5-6-10-3-1-2-4-11(10)7-9/h5-6H,1-4,8,12H2. The van der Waals surface area contributed by atoms with Crippen LogP contribution < -0.4 is 5.73 Å². The van der Waals surface area contributed by atoms with Crippen molar-refractivity contribution in [3.05, 3.63) is 34.9 Å². The topological polar surface area (TPSA) is 26.0 Å². The van der Waals surface area contributed by atoms with Gasteiger partial charge in [0, 0.05) is 6.54 Å². The van der Waals surface area contributed by atoms with E-state index in [1.54, 1.807) is 0 Å². The minimum Gasteiger partial charge on any atom is -0.326 e. The molecule has 0 saturated heterocycles. The Morgan fingerprint density at radius 3 is 2.92 bits per heavy atom. The van der Waals surface area contributed by atoms with Crippen LogP contribution in [0.4, 0.5) is 0 Å². The van der Waals surface area contributed by atoms with Crippen molar-refractivity contribution in [1.82, 2.24) is 0 Å². The van der Waals surface area contributed by atoms with Crippen LogP contribution in [0, 0.1) is 6.07 Å². The van der Waals surface area contributed by atoms with Crippen LogP contribution in [-0.4, -0.2) is 0 Å². The van der Waals surface area contributed by atoms with Gasteiger partial charge in [-0.2, -0.15) is 0 Å². The van der Waals surface area contributed by atoms with Crippen LogP contribution in [0.3, 0.4) is 0 Å². The second-order valence-electron chi connectivity index (χ2n) is 3.40. The summed E-state index contributed by atoms with van der Waals surface area (Å²) in [5.74, 6) is 0. The van der Waals surface area contributed by atoms with Crippen molar-refractivity contribution in [2.45, 2.75) is 32.2 Å². The van der Waals surface area contributed by atoms with E-state index in [9.17, 15) is 0 Å². The Labute approximate surface area is 73.6 Å². The zero-order valence-electron chi connectivity index (χ0n) is 7.27. The van der Waals surface area contributed by atoms with Crippen molar-refractivity contribution < 1.29 is 0 Å². The number of hydrogen-bond acceptors (Lipinski definition) is 1. The highest BCUT2D eigenvalue weighted by molar-refractivity contribution is 5.32. The van der Waals surface area contributed by atoms with Crippen LogP contribution in [0.2, 0.25) is 0 Å². The van der Waals surface area contributed by atoms with Gasteiger partial charge in [0.1, 0.15) is 0 Å². The molecule has 2 rings (SSSR count). The molecule has 1 aromatic rings. The normalized spacial score (nSPS) is 15.8. The van der Waals surface area contributed by atoms with Crippen LogP contribution in [-0.2, 0) is 19.4 Å². The first kappa shape index (κ1) is 7.81. The number of hydrogen-bond donors (Lipinski definition) is 1. The zero-order chi connectivity index (χ0) is 8.39. The summed E-state index contributed by atoms with van der Waals surface area (Å²) >= 11 is 0. The number of benzene rings is 1. The predicted octanol–water partition coefficient (Wildman–Crippen LogP) is 1.82. The molecule has 0 aromatic heterocycles. The number of nitrogens with two attached hydrogens (primary N) is 1. The van der Waals surface area contributed by atoms with Gasteiger partial charge in [0.2, 0.25) is 0 Å². The average Bonchev–Trinajstić information content (AvgIpc) is 2.17. The lowest BCUT2D eigenvalue weighted by molar-refractivity contribution is 0.683. The van der Waals surface area contributed by atoms with E-state index in [1.807, 2.05) is 0 Å². The Morgan fingerprint density at radius 2 is 2.08 bits per heavy atom. The molecule has 0 amide bonds. The molecule has 2 N–H and O–H groups in total. The number of fused-ring (bicyclic) bond motifs is 1. The highest BCUT2D eigenvalue weighted by Crippen LogP contribution is 2.21. The van der Waals surface area contributed by atoms with E-state index in [2.05, 4.69) is 18.2 Å². The summed E-state index contributed by atoms with van der Waals surface area (Å²) in [7, 11) is 0. The molecule has 63 valence electrons. The Kier molecular flexibility index (Phi) is 2.13. The van der Waals surface area contributed by atoms with E-state index in [0.717, 1.165) is 5.56 Å². The maximum Gasteiger partial charge on any atom is 0.0184 e. The summed E-state index contributed by atoms with van der Waals surface area (Å²) in [5.41, 5.74) is 9.59. The van der Waals surface area contributed by atoms with E-state index in [-0.39, 0.29) is 0 Å². The van der Waals surface area contributed by atoms with Gasteiger partial charge >= 0.3 is 0 Å². The monoisotopic (exact) mass is 160 g/mol. The molecular weight excluding hydrogens is 146 g/mol.